The zero-order valence-electron chi connectivity index (χ0n) is 7.11. The fraction of sp³-hybridized carbons (Fsp3) is 0.556. The summed E-state index contributed by atoms with van der Waals surface area (Å²) >= 11 is 0. The Bertz CT molecular complexity index is 152. The van der Waals surface area contributed by atoms with Crippen LogP contribution in [0, 0.1) is 0 Å². The molecule has 0 aliphatic rings. The number of hydrogen-bond acceptors (Lipinski definition) is 0. The molecule has 0 aliphatic heterocycles. The van der Waals surface area contributed by atoms with Crippen LogP contribution in [-0.4, -0.2) is 6.17 Å². The Balaban J connectivity index is 4.34. The Labute approximate surface area is 62.4 Å². The van der Waals surface area contributed by atoms with E-state index in [1.54, 1.807) is 6.92 Å². The van der Waals surface area contributed by atoms with E-state index in [-0.39, 0.29) is 0 Å². The molecule has 0 N–H and O–H groups in total. The van der Waals surface area contributed by atoms with Gasteiger partial charge in [0.25, 0.3) is 0 Å². The number of hydrogen-bond donors (Lipinski definition) is 0. The molecule has 0 spiro atoms. The van der Waals surface area contributed by atoms with E-state index in [1.807, 2.05) is 32.9 Å². The van der Waals surface area contributed by atoms with Gasteiger partial charge >= 0.3 is 0 Å². The Hall–Kier alpha value is -0.590. The molecule has 10 heavy (non-hydrogen) atoms. The molecule has 0 saturated carbocycles. The van der Waals surface area contributed by atoms with Crippen LogP contribution in [0.4, 0.5) is 4.39 Å². The molecular formula is C9H15F. The van der Waals surface area contributed by atoms with Gasteiger partial charge in [0.15, 0.2) is 0 Å². The van der Waals surface area contributed by atoms with Crippen molar-refractivity contribution in [3.05, 3.63) is 23.3 Å². The van der Waals surface area contributed by atoms with Crippen molar-refractivity contribution in [2.24, 2.45) is 0 Å². The molecule has 0 saturated heterocycles. The lowest BCUT2D eigenvalue weighted by molar-refractivity contribution is 0.409. The van der Waals surface area contributed by atoms with Crippen LogP contribution in [0.1, 0.15) is 27.7 Å². The molecule has 0 nitrogen and oxygen atoms in total. The maximum Gasteiger partial charge on any atom is 0.119 e. The van der Waals surface area contributed by atoms with Crippen LogP contribution in [0.2, 0.25) is 0 Å². The first-order valence-corrected chi connectivity index (χ1v) is 3.53. The van der Waals surface area contributed by atoms with Gasteiger partial charge in [0, 0.05) is 0 Å². The van der Waals surface area contributed by atoms with E-state index in [1.165, 1.54) is 0 Å². The zero-order valence-corrected chi connectivity index (χ0v) is 7.11. The van der Waals surface area contributed by atoms with Gasteiger partial charge in [-0.15, -0.1) is 0 Å². The molecule has 0 fully saturated rings. The van der Waals surface area contributed by atoms with Crippen molar-refractivity contribution in [3.8, 4) is 0 Å². The number of allylic oxidation sites excluding steroid dienone is 4. The SMILES string of the molecule is C/C=C\C(C)=C(\C)C(C)F. The number of rotatable bonds is 2. The first kappa shape index (κ1) is 9.41. The van der Waals surface area contributed by atoms with Crippen molar-refractivity contribution < 1.29 is 4.39 Å². The van der Waals surface area contributed by atoms with E-state index in [4.69, 9.17) is 0 Å². The average molecular weight is 142 g/mol. The summed E-state index contributed by atoms with van der Waals surface area (Å²) < 4.78 is 12.6. The highest BCUT2D eigenvalue weighted by atomic mass is 19.1. The molecule has 0 heterocycles. The standard InChI is InChI=1S/C9H15F/c1-5-6-7(2)8(3)9(4)10/h5-6,9H,1-4H3/b6-5-,8-7-. The monoisotopic (exact) mass is 142 g/mol. The Morgan fingerprint density at radius 1 is 1.40 bits per heavy atom. The second kappa shape index (κ2) is 4.26. The fourth-order valence-corrected chi connectivity index (χ4v) is 0.695. The molecule has 1 unspecified atom stereocenters. The molecule has 0 aliphatic carbocycles. The lowest BCUT2D eigenvalue weighted by Crippen LogP contribution is -1.95. The topological polar surface area (TPSA) is 0 Å². The summed E-state index contributed by atoms with van der Waals surface area (Å²) in [6.07, 6.45) is 3.02. The summed E-state index contributed by atoms with van der Waals surface area (Å²) in [4.78, 5) is 0. The highest BCUT2D eigenvalue weighted by Crippen LogP contribution is 2.11. The minimum Gasteiger partial charge on any atom is -0.243 e. The first-order valence-electron chi connectivity index (χ1n) is 3.53. The van der Waals surface area contributed by atoms with Crippen LogP contribution >= 0.6 is 0 Å². The smallest absolute Gasteiger partial charge is 0.119 e. The van der Waals surface area contributed by atoms with Crippen LogP contribution < -0.4 is 0 Å². The molecule has 1 heteroatoms. The minimum atomic E-state index is -0.823. The molecule has 0 aromatic carbocycles. The fourth-order valence-electron chi connectivity index (χ4n) is 0.695. The van der Waals surface area contributed by atoms with E-state index in [0.717, 1.165) is 11.1 Å². The summed E-state index contributed by atoms with van der Waals surface area (Å²) in [5.74, 6) is 0. The number of alkyl halides is 1. The van der Waals surface area contributed by atoms with Gasteiger partial charge in [0.05, 0.1) is 0 Å². The van der Waals surface area contributed by atoms with Crippen LogP contribution in [0.5, 0.6) is 0 Å². The quantitative estimate of drug-likeness (QED) is 0.519. The van der Waals surface area contributed by atoms with Gasteiger partial charge in [-0.25, -0.2) is 4.39 Å². The molecule has 0 amide bonds. The lowest BCUT2D eigenvalue weighted by Gasteiger charge is -2.03. The molecule has 58 valence electrons. The second-order valence-corrected chi connectivity index (χ2v) is 2.48. The summed E-state index contributed by atoms with van der Waals surface area (Å²) in [5, 5.41) is 0. The van der Waals surface area contributed by atoms with Gasteiger partial charge in [-0.1, -0.05) is 12.2 Å². The minimum absolute atomic E-state index is 0.818. The van der Waals surface area contributed by atoms with Crippen molar-refractivity contribution in [1.29, 1.82) is 0 Å². The third kappa shape index (κ3) is 2.81. The molecule has 0 aromatic heterocycles. The molecule has 0 rings (SSSR count). The van der Waals surface area contributed by atoms with E-state index in [0.29, 0.717) is 0 Å². The van der Waals surface area contributed by atoms with Gasteiger partial charge in [0.1, 0.15) is 6.17 Å². The van der Waals surface area contributed by atoms with Crippen LogP contribution in [-0.2, 0) is 0 Å². The molecule has 1 atom stereocenters. The maximum atomic E-state index is 12.6. The van der Waals surface area contributed by atoms with Gasteiger partial charge < -0.3 is 0 Å². The summed E-state index contributed by atoms with van der Waals surface area (Å²) in [6, 6.07) is 0. The molecule has 0 radical (unpaired) electrons. The Kier molecular flexibility index (Phi) is 4.01. The Morgan fingerprint density at radius 2 is 1.90 bits per heavy atom. The van der Waals surface area contributed by atoms with Crippen molar-refractivity contribution in [3.63, 3.8) is 0 Å². The van der Waals surface area contributed by atoms with E-state index >= 15 is 0 Å². The maximum absolute atomic E-state index is 12.6. The predicted molar refractivity (Wildman–Crippen MR) is 43.8 cm³/mol. The highest BCUT2D eigenvalue weighted by Gasteiger charge is 2.01. The number of halogens is 1. The first-order chi connectivity index (χ1) is 4.59. The predicted octanol–water partition coefficient (Wildman–Crippen LogP) is 3.26. The highest BCUT2D eigenvalue weighted by molar-refractivity contribution is 5.23. The third-order valence-electron chi connectivity index (χ3n) is 1.64. The van der Waals surface area contributed by atoms with Crippen molar-refractivity contribution in [1.82, 2.24) is 0 Å². The zero-order chi connectivity index (χ0) is 8.15. The van der Waals surface area contributed by atoms with Crippen molar-refractivity contribution >= 4 is 0 Å². The molecule has 0 aromatic rings. The van der Waals surface area contributed by atoms with E-state index in [9.17, 15) is 4.39 Å². The van der Waals surface area contributed by atoms with Crippen LogP contribution in [0.15, 0.2) is 23.3 Å². The van der Waals surface area contributed by atoms with E-state index in [2.05, 4.69) is 0 Å². The largest absolute Gasteiger partial charge is 0.243 e. The van der Waals surface area contributed by atoms with Crippen LogP contribution in [0.25, 0.3) is 0 Å². The summed E-state index contributed by atoms with van der Waals surface area (Å²) in [5.41, 5.74) is 1.84. The normalized spacial score (nSPS) is 17.3. The van der Waals surface area contributed by atoms with Gasteiger partial charge in [0.2, 0.25) is 0 Å². The Morgan fingerprint density at radius 3 is 2.20 bits per heavy atom. The van der Waals surface area contributed by atoms with Gasteiger partial charge in [-0.3, -0.25) is 0 Å². The molecule has 0 bridgehead atoms. The lowest BCUT2D eigenvalue weighted by atomic mass is 10.1. The third-order valence-corrected chi connectivity index (χ3v) is 1.64. The molecular weight excluding hydrogens is 127 g/mol. The van der Waals surface area contributed by atoms with Crippen molar-refractivity contribution in [2.75, 3.05) is 0 Å². The van der Waals surface area contributed by atoms with Gasteiger partial charge in [-0.2, -0.15) is 0 Å². The second-order valence-electron chi connectivity index (χ2n) is 2.48. The summed E-state index contributed by atoms with van der Waals surface area (Å²) in [6.45, 7) is 7.23. The van der Waals surface area contributed by atoms with E-state index < -0.39 is 6.17 Å². The van der Waals surface area contributed by atoms with Crippen LogP contribution in [0.3, 0.4) is 0 Å². The van der Waals surface area contributed by atoms with Gasteiger partial charge in [-0.05, 0) is 38.8 Å². The summed E-state index contributed by atoms with van der Waals surface area (Å²) in [7, 11) is 0. The average Bonchev–Trinajstić information content (AvgIpc) is 1.87. The van der Waals surface area contributed by atoms with Crippen molar-refractivity contribution in [2.45, 2.75) is 33.9 Å².